The summed E-state index contributed by atoms with van der Waals surface area (Å²) in [6.45, 7) is 11.2. The third-order valence-corrected chi connectivity index (χ3v) is 4.63. The zero-order chi connectivity index (χ0) is 20.1. The number of likely N-dealkylation sites (N-methyl/N-ethyl adjacent to an activating group) is 1. The van der Waals surface area contributed by atoms with Gasteiger partial charge in [-0.25, -0.2) is 0 Å². The molecule has 28 heavy (non-hydrogen) atoms. The predicted octanol–water partition coefficient (Wildman–Crippen LogP) is 3.71. The Bertz CT molecular complexity index is 978. The molecule has 0 bridgehead atoms. The highest BCUT2D eigenvalue weighted by Gasteiger charge is 2.19. The predicted molar refractivity (Wildman–Crippen MR) is 110 cm³/mol. The molecule has 3 rings (SSSR count). The van der Waals surface area contributed by atoms with Crippen LogP contribution in [-0.2, 0) is 6.42 Å². The van der Waals surface area contributed by atoms with Crippen LogP contribution in [0.1, 0.15) is 41.2 Å². The summed E-state index contributed by atoms with van der Waals surface area (Å²) in [7, 11) is 0. The lowest BCUT2D eigenvalue weighted by Crippen LogP contribution is -2.33. The largest absolute Gasteiger partial charge is 0.338 e. The minimum Gasteiger partial charge on any atom is -0.338 e. The molecule has 2 heterocycles. The molecule has 0 N–H and O–H groups in total. The molecule has 0 aliphatic carbocycles. The Morgan fingerprint density at radius 3 is 2.54 bits per heavy atom. The lowest BCUT2D eigenvalue weighted by atomic mass is 10.1. The molecule has 0 unspecified atom stereocenters. The fraction of sp³-hybridized carbons (Fsp3) is 0.273. The van der Waals surface area contributed by atoms with Gasteiger partial charge in [0.15, 0.2) is 0 Å². The monoisotopic (exact) mass is 375 g/mol. The van der Waals surface area contributed by atoms with Gasteiger partial charge in [-0.15, -0.1) is 0 Å². The minimum absolute atomic E-state index is 0.0392. The van der Waals surface area contributed by atoms with Crippen LogP contribution in [0.25, 0.3) is 11.3 Å². The first kappa shape index (κ1) is 19.5. The van der Waals surface area contributed by atoms with E-state index in [1.807, 2.05) is 56.0 Å². The molecule has 0 fully saturated rings. The van der Waals surface area contributed by atoms with Crippen LogP contribution in [0.3, 0.4) is 0 Å². The van der Waals surface area contributed by atoms with Crippen molar-refractivity contribution < 1.29 is 4.79 Å². The first-order valence-corrected chi connectivity index (χ1v) is 9.38. The Kier molecular flexibility index (Phi) is 5.99. The molecule has 3 aromatic rings. The molecule has 0 radical (unpaired) electrons. The number of carbonyl (C=O) groups is 1. The van der Waals surface area contributed by atoms with Crippen molar-refractivity contribution >= 4 is 11.5 Å². The Labute approximate surface area is 165 Å². The van der Waals surface area contributed by atoms with E-state index >= 15 is 0 Å². The highest BCUT2D eigenvalue weighted by molar-refractivity contribution is 5.97. The molecule has 1 aromatic carbocycles. The summed E-state index contributed by atoms with van der Waals surface area (Å²) in [5.74, 6) is -0.0392. The maximum atomic E-state index is 13.2. The number of carbonyl (C=O) groups excluding carboxylic acids is 1. The van der Waals surface area contributed by atoms with Gasteiger partial charge in [0, 0.05) is 25.2 Å². The highest BCUT2D eigenvalue weighted by atomic mass is 16.2. The van der Waals surface area contributed by atoms with Crippen molar-refractivity contribution in [3.05, 3.63) is 77.9 Å². The number of hydrogen-bond donors (Lipinski definition) is 0. The third kappa shape index (κ3) is 4.17. The van der Waals surface area contributed by atoms with E-state index in [1.165, 1.54) is 4.80 Å². The van der Waals surface area contributed by atoms with Gasteiger partial charge >= 0.3 is 0 Å². The Hall–Kier alpha value is -3.28. The van der Waals surface area contributed by atoms with Crippen LogP contribution in [0, 0.1) is 6.92 Å². The molecule has 0 aliphatic heterocycles. The van der Waals surface area contributed by atoms with E-state index in [2.05, 4.69) is 22.8 Å². The number of allylic oxidation sites excluding steroid dienone is 1. The number of hydrogen-bond acceptors (Lipinski definition) is 4. The van der Waals surface area contributed by atoms with E-state index in [-0.39, 0.29) is 5.91 Å². The van der Waals surface area contributed by atoms with E-state index < -0.39 is 0 Å². The fourth-order valence-corrected chi connectivity index (χ4v) is 3.13. The molecule has 0 saturated heterocycles. The number of pyridine rings is 1. The lowest BCUT2D eigenvalue weighted by molar-refractivity contribution is 0.0765. The average molecular weight is 375 g/mol. The topological polar surface area (TPSA) is 63.9 Å². The van der Waals surface area contributed by atoms with Gasteiger partial charge in [0.2, 0.25) is 0 Å². The average Bonchev–Trinajstić information content (AvgIpc) is 3.24. The molecular formula is C22H25N5O. The summed E-state index contributed by atoms with van der Waals surface area (Å²) in [5, 5.41) is 8.32. The molecular weight excluding hydrogens is 350 g/mol. The molecule has 6 heteroatoms. The number of benzene rings is 1. The smallest absolute Gasteiger partial charge is 0.256 e. The normalized spacial score (nSPS) is 10.7. The number of para-hydroxylation sites is 1. The van der Waals surface area contributed by atoms with Crippen molar-refractivity contribution in [3.63, 3.8) is 0 Å². The van der Waals surface area contributed by atoms with Crippen LogP contribution in [0.5, 0.6) is 0 Å². The van der Waals surface area contributed by atoms with Gasteiger partial charge in [0.25, 0.3) is 5.91 Å². The number of aromatic nitrogens is 4. The van der Waals surface area contributed by atoms with Crippen molar-refractivity contribution in [3.8, 4) is 5.69 Å². The molecule has 0 saturated carbocycles. The van der Waals surface area contributed by atoms with Crippen LogP contribution in [0.15, 0.2) is 55.4 Å². The molecule has 144 valence electrons. The van der Waals surface area contributed by atoms with E-state index in [1.54, 1.807) is 12.4 Å². The van der Waals surface area contributed by atoms with Gasteiger partial charge in [-0.1, -0.05) is 24.8 Å². The quantitative estimate of drug-likeness (QED) is 0.631. The van der Waals surface area contributed by atoms with Crippen molar-refractivity contribution in [1.29, 1.82) is 0 Å². The number of amides is 1. The SMILES string of the molecule is C=C(C)c1nc(CCN(CC)C(=O)c2ccccc2-n2nccn2)ccc1C. The van der Waals surface area contributed by atoms with Gasteiger partial charge in [-0.2, -0.15) is 15.0 Å². The third-order valence-electron chi connectivity index (χ3n) is 4.63. The summed E-state index contributed by atoms with van der Waals surface area (Å²) in [5.41, 5.74) is 5.21. The van der Waals surface area contributed by atoms with E-state index in [4.69, 9.17) is 4.98 Å². The molecule has 6 nitrogen and oxygen atoms in total. The van der Waals surface area contributed by atoms with Crippen LogP contribution in [-0.4, -0.2) is 43.9 Å². The minimum atomic E-state index is -0.0392. The maximum absolute atomic E-state index is 13.2. The van der Waals surface area contributed by atoms with Gasteiger partial charge in [0.05, 0.1) is 29.3 Å². The van der Waals surface area contributed by atoms with Crippen molar-refractivity contribution in [1.82, 2.24) is 24.9 Å². The van der Waals surface area contributed by atoms with Crippen molar-refractivity contribution in [2.24, 2.45) is 0 Å². The molecule has 0 spiro atoms. The summed E-state index contributed by atoms with van der Waals surface area (Å²) in [4.78, 5) is 21.2. The lowest BCUT2D eigenvalue weighted by Gasteiger charge is -2.22. The molecule has 0 atom stereocenters. The van der Waals surface area contributed by atoms with Gasteiger partial charge < -0.3 is 4.90 Å². The number of rotatable bonds is 7. The number of aryl methyl sites for hydroxylation is 1. The first-order chi connectivity index (χ1) is 13.5. The Balaban J connectivity index is 1.79. The molecule has 0 aliphatic rings. The van der Waals surface area contributed by atoms with Crippen LogP contribution in [0.4, 0.5) is 0 Å². The first-order valence-electron chi connectivity index (χ1n) is 9.38. The van der Waals surface area contributed by atoms with Crippen LogP contribution in [0.2, 0.25) is 0 Å². The zero-order valence-corrected chi connectivity index (χ0v) is 16.6. The van der Waals surface area contributed by atoms with E-state index in [0.29, 0.717) is 30.8 Å². The zero-order valence-electron chi connectivity index (χ0n) is 16.6. The fourth-order valence-electron chi connectivity index (χ4n) is 3.13. The van der Waals surface area contributed by atoms with Gasteiger partial charge in [-0.05, 0) is 50.1 Å². The van der Waals surface area contributed by atoms with E-state index in [9.17, 15) is 4.79 Å². The summed E-state index contributed by atoms with van der Waals surface area (Å²) in [6, 6.07) is 11.5. The van der Waals surface area contributed by atoms with Crippen molar-refractivity contribution in [2.45, 2.75) is 27.2 Å². The maximum Gasteiger partial charge on any atom is 0.256 e. The Morgan fingerprint density at radius 1 is 1.14 bits per heavy atom. The molecule has 1 amide bonds. The van der Waals surface area contributed by atoms with Crippen LogP contribution >= 0.6 is 0 Å². The second kappa shape index (κ2) is 8.61. The Morgan fingerprint density at radius 2 is 1.86 bits per heavy atom. The second-order valence-electron chi connectivity index (χ2n) is 6.72. The standard InChI is InChI=1S/C22H25N5O/c1-5-26(15-12-18-11-10-17(4)21(25-18)16(2)3)22(28)19-8-6-7-9-20(19)27-23-13-14-24-27/h6-11,13-14H,2,5,12,15H2,1,3-4H3. The summed E-state index contributed by atoms with van der Waals surface area (Å²) in [6.07, 6.45) is 3.88. The summed E-state index contributed by atoms with van der Waals surface area (Å²) < 4.78 is 0. The van der Waals surface area contributed by atoms with Crippen LogP contribution < -0.4 is 0 Å². The van der Waals surface area contributed by atoms with Crippen molar-refractivity contribution in [2.75, 3.05) is 13.1 Å². The number of nitrogens with zero attached hydrogens (tertiary/aromatic N) is 5. The molecule has 2 aromatic heterocycles. The van der Waals surface area contributed by atoms with Gasteiger partial charge in [-0.3, -0.25) is 9.78 Å². The highest BCUT2D eigenvalue weighted by Crippen LogP contribution is 2.17. The van der Waals surface area contributed by atoms with E-state index in [0.717, 1.165) is 22.5 Å². The summed E-state index contributed by atoms with van der Waals surface area (Å²) >= 11 is 0. The van der Waals surface area contributed by atoms with Gasteiger partial charge in [0.1, 0.15) is 0 Å². The second-order valence-corrected chi connectivity index (χ2v) is 6.72.